The maximum absolute atomic E-state index is 13.0. The maximum Gasteiger partial charge on any atom is 0.261 e. The largest absolute Gasteiger partial charge is 0.355 e. The number of carbonyl (C=O) groups is 4. The average Bonchev–Trinajstić information content (AvgIpc) is 3.05. The van der Waals surface area contributed by atoms with Crippen LogP contribution in [0.4, 0.5) is 0 Å². The minimum absolute atomic E-state index is 0.145. The molecule has 0 unspecified atom stereocenters. The molecule has 0 fully saturated rings. The van der Waals surface area contributed by atoms with E-state index in [0.717, 1.165) is 5.56 Å². The summed E-state index contributed by atoms with van der Waals surface area (Å²) in [5.41, 5.74) is 1.88. The Kier molecular flexibility index (Phi) is 7.76. The summed E-state index contributed by atoms with van der Waals surface area (Å²) in [6.07, 6.45) is 1.12. The zero-order chi connectivity index (χ0) is 23.1. The standard InChI is InChI=1S/C25H29N3O4/c1-3-26-23(30)18(2)27(17-15-19-10-5-4-6-11-19)22(29)14-9-16-28-24(31)20-12-7-8-13-21(20)25(28)32/h4-8,10-13,18H,3,9,14-17H2,1-2H3,(H,26,30)/t18-/m1/s1. The number of fused-ring (bicyclic) bond motifs is 1. The van der Waals surface area contributed by atoms with Gasteiger partial charge in [-0.05, 0) is 44.4 Å². The minimum atomic E-state index is -0.606. The fourth-order valence-electron chi connectivity index (χ4n) is 3.87. The van der Waals surface area contributed by atoms with E-state index in [-0.39, 0.29) is 36.6 Å². The van der Waals surface area contributed by atoms with Gasteiger partial charge in [-0.25, -0.2) is 0 Å². The Hall–Kier alpha value is -3.48. The van der Waals surface area contributed by atoms with Crippen molar-refractivity contribution >= 4 is 23.6 Å². The zero-order valence-electron chi connectivity index (χ0n) is 18.5. The molecule has 2 aromatic rings. The Bertz CT molecular complexity index is 955. The number of rotatable bonds is 10. The monoisotopic (exact) mass is 435 g/mol. The summed E-state index contributed by atoms with van der Waals surface area (Å²) < 4.78 is 0. The summed E-state index contributed by atoms with van der Waals surface area (Å²) in [7, 11) is 0. The Balaban J connectivity index is 1.61. The van der Waals surface area contributed by atoms with E-state index in [4.69, 9.17) is 0 Å². The fraction of sp³-hybridized carbons (Fsp3) is 0.360. The molecule has 0 saturated carbocycles. The highest BCUT2D eigenvalue weighted by molar-refractivity contribution is 6.21. The van der Waals surface area contributed by atoms with Crippen LogP contribution in [0.25, 0.3) is 0 Å². The molecule has 0 saturated heterocycles. The van der Waals surface area contributed by atoms with Crippen LogP contribution in [0.3, 0.4) is 0 Å². The molecular weight excluding hydrogens is 406 g/mol. The first-order valence-corrected chi connectivity index (χ1v) is 11.0. The van der Waals surface area contributed by atoms with Crippen LogP contribution in [-0.4, -0.2) is 59.1 Å². The first-order chi connectivity index (χ1) is 15.4. The first kappa shape index (κ1) is 23.2. The second kappa shape index (κ2) is 10.7. The van der Waals surface area contributed by atoms with Crippen molar-refractivity contribution in [1.82, 2.24) is 15.1 Å². The van der Waals surface area contributed by atoms with Crippen molar-refractivity contribution in [3.8, 4) is 0 Å². The van der Waals surface area contributed by atoms with Gasteiger partial charge in [0, 0.05) is 26.1 Å². The van der Waals surface area contributed by atoms with Gasteiger partial charge in [0.05, 0.1) is 11.1 Å². The lowest BCUT2D eigenvalue weighted by molar-refractivity contribution is -0.140. The zero-order valence-corrected chi connectivity index (χ0v) is 18.5. The fourth-order valence-corrected chi connectivity index (χ4v) is 3.87. The number of nitrogens with one attached hydrogen (secondary N) is 1. The number of carbonyl (C=O) groups excluding carboxylic acids is 4. The van der Waals surface area contributed by atoms with Crippen LogP contribution in [0, 0.1) is 0 Å². The van der Waals surface area contributed by atoms with Crippen molar-refractivity contribution in [2.24, 2.45) is 0 Å². The summed E-state index contributed by atoms with van der Waals surface area (Å²) >= 11 is 0. The predicted octanol–water partition coefficient (Wildman–Crippen LogP) is 2.66. The molecule has 0 radical (unpaired) electrons. The molecule has 1 atom stereocenters. The van der Waals surface area contributed by atoms with Gasteiger partial charge in [0.25, 0.3) is 11.8 Å². The molecule has 0 spiro atoms. The molecule has 1 aliphatic rings. The number of hydrogen-bond acceptors (Lipinski definition) is 4. The predicted molar refractivity (Wildman–Crippen MR) is 121 cm³/mol. The number of amides is 4. The molecule has 1 heterocycles. The summed E-state index contributed by atoms with van der Waals surface area (Å²) in [4.78, 5) is 53.2. The van der Waals surface area contributed by atoms with Crippen LogP contribution in [-0.2, 0) is 16.0 Å². The molecule has 7 nitrogen and oxygen atoms in total. The van der Waals surface area contributed by atoms with Crippen LogP contribution < -0.4 is 5.32 Å². The SMILES string of the molecule is CCNC(=O)[C@@H](C)N(CCc1ccccc1)C(=O)CCCN1C(=O)c2ccccc2C1=O. The summed E-state index contributed by atoms with van der Waals surface area (Å²) in [5.74, 6) is -1.02. The number of benzene rings is 2. The number of likely N-dealkylation sites (N-methyl/N-ethyl adjacent to an activating group) is 1. The van der Waals surface area contributed by atoms with E-state index >= 15 is 0 Å². The van der Waals surface area contributed by atoms with Gasteiger partial charge in [0.15, 0.2) is 0 Å². The first-order valence-electron chi connectivity index (χ1n) is 11.0. The Labute approximate surface area is 188 Å². The molecule has 2 aromatic carbocycles. The van der Waals surface area contributed by atoms with Crippen molar-refractivity contribution in [3.05, 3.63) is 71.3 Å². The third kappa shape index (κ3) is 5.22. The van der Waals surface area contributed by atoms with Crippen LogP contribution in [0.5, 0.6) is 0 Å². The normalized spacial score (nSPS) is 13.6. The molecule has 32 heavy (non-hydrogen) atoms. The van der Waals surface area contributed by atoms with Crippen molar-refractivity contribution in [1.29, 1.82) is 0 Å². The third-order valence-corrected chi connectivity index (χ3v) is 5.65. The Morgan fingerprint density at radius 3 is 2.16 bits per heavy atom. The van der Waals surface area contributed by atoms with Gasteiger partial charge in [0.2, 0.25) is 11.8 Å². The molecule has 1 aliphatic heterocycles. The highest BCUT2D eigenvalue weighted by Crippen LogP contribution is 2.22. The summed E-state index contributed by atoms with van der Waals surface area (Å²) in [5, 5.41) is 2.77. The van der Waals surface area contributed by atoms with E-state index in [1.807, 2.05) is 37.3 Å². The van der Waals surface area contributed by atoms with Gasteiger partial charge in [-0.15, -0.1) is 0 Å². The molecule has 0 aliphatic carbocycles. The van der Waals surface area contributed by atoms with E-state index < -0.39 is 6.04 Å². The van der Waals surface area contributed by atoms with E-state index in [1.165, 1.54) is 4.90 Å². The lowest BCUT2D eigenvalue weighted by Gasteiger charge is -2.29. The lowest BCUT2D eigenvalue weighted by Crippen LogP contribution is -2.48. The van der Waals surface area contributed by atoms with Gasteiger partial charge in [-0.1, -0.05) is 42.5 Å². The van der Waals surface area contributed by atoms with Crippen molar-refractivity contribution in [3.63, 3.8) is 0 Å². The Morgan fingerprint density at radius 1 is 0.969 bits per heavy atom. The second-order valence-electron chi connectivity index (χ2n) is 7.80. The highest BCUT2D eigenvalue weighted by Gasteiger charge is 2.35. The number of nitrogens with zero attached hydrogens (tertiary/aromatic N) is 2. The molecule has 0 aromatic heterocycles. The summed E-state index contributed by atoms with van der Waals surface area (Å²) in [6, 6.07) is 15.9. The third-order valence-electron chi connectivity index (χ3n) is 5.65. The van der Waals surface area contributed by atoms with Crippen LogP contribution in [0.1, 0.15) is 53.0 Å². The smallest absolute Gasteiger partial charge is 0.261 e. The van der Waals surface area contributed by atoms with Crippen LogP contribution in [0.2, 0.25) is 0 Å². The van der Waals surface area contributed by atoms with Crippen molar-refractivity contribution in [2.75, 3.05) is 19.6 Å². The molecule has 0 bridgehead atoms. The van der Waals surface area contributed by atoms with Crippen LogP contribution >= 0.6 is 0 Å². The highest BCUT2D eigenvalue weighted by atomic mass is 16.2. The molecule has 3 rings (SSSR count). The van der Waals surface area contributed by atoms with Gasteiger partial charge < -0.3 is 10.2 Å². The quantitative estimate of drug-likeness (QED) is 0.582. The van der Waals surface area contributed by atoms with Crippen LogP contribution in [0.15, 0.2) is 54.6 Å². The number of imide groups is 1. The van der Waals surface area contributed by atoms with Crippen molar-refractivity contribution in [2.45, 2.75) is 39.2 Å². The van der Waals surface area contributed by atoms with E-state index in [0.29, 0.717) is 37.1 Å². The maximum atomic E-state index is 13.0. The van der Waals surface area contributed by atoms with E-state index in [9.17, 15) is 19.2 Å². The molecule has 1 N–H and O–H groups in total. The van der Waals surface area contributed by atoms with Gasteiger partial charge >= 0.3 is 0 Å². The lowest BCUT2D eigenvalue weighted by atomic mass is 10.1. The average molecular weight is 436 g/mol. The molecular formula is C25H29N3O4. The van der Waals surface area contributed by atoms with E-state index in [1.54, 1.807) is 36.1 Å². The molecule has 4 amide bonds. The van der Waals surface area contributed by atoms with Gasteiger partial charge in [-0.3, -0.25) is 24.1 Å². The Morgan fingerprint density at radius 2 is 1.56 bits per heavy atom. The minimum Gasteiger partial charge on any atom is -0.355 e. The van der Waals surface area contributed by atoms with Gasteiger partial charge in [0.1, 0.15) is 6.04 Å². The molecule has 7 heteroatoms. The molecule has 168 valence electrons. The van der Waals surface area contributed by atoms with Gasteiger partial charge in [-0.2, -0.15) is 0 Å². The second-order valence-corrected chi connectivity index (χ2v) is 7.80. The summed E-state index contributed by atoms with van der Waals surface area (Å²) in [6.45, 7) is 4.62. The van der Waals surface area contributed by atoms with Crippen molar-refractivity contribution < 1.29 is 19.2 Å². The van der Waals surface area contributed by atoms with E-state index in [2.05, 4.69) is 5.32 Å². The number of hydrogen-bond donors (Lipinski definition) is 1. The topological polar surface area (TPSA) is 86.8 Å².